The number of rotatable bonds is 17. The first-order valence-electron chi connectivity index (χ1n) is 19.9. The fourth-order valence-electron chi connectivity index (χ4n) is 7.78. The summed E-state index contributed by atoms with van der Waals surface area (Å²) in [5.41, 5.74) is 4.33. The van der Waals surface area contributed by atoms with E-state index in [4.69, 9.17) is 18.9 Å². The van der Waals surface area contributed by atoms with Crippen molar-refractivity contribution < 1.29 is 38.1 Å². The number of fused-ring (bicyclic) bond motifs is 1. The second-order valence-corrected chi connectivity index (χ2v) is 15.1. The lowest BCUT2D eigenvalue weighted by Crippen LogP contribution is -2.54. The first-order chi connectivity index (χ1) is 29.4. The summed E-state index contributed by atoms with van der Waals surface area (Å²) in [6.07, 6.45) is 7.10. The van der Waals surface area contributed by atoms with Crippen LogP contribution in [0.15, 0.2) is 52.5 Å². The molecule has 2 saturated heterocycles. The number of anilines is 1. The van der Waals surface area contributed by atoms with Crippen LogP contribution < -0.4 is 35.7 Å². The van der Waals surface area contributed by atoms with Gasteiger partial charge in [-0.3, -0.25) is 44.1 Å². The maximum absolute atomic E-state index is 13.2. The van der Waals surface area contributed by atoms with E-state index >= 15 is 0 Å². The molecule has 18 heteroatoms. The van der Waals surface area contributed by atoms with Gasteiger partial charge < -0.3 is 28.4 Å². The van der Waals surface area contributed by atoms with Gasteiger partial charge in [0.05, 0.1) is 74.8 Å². The monoisotopic (exact) mass is 835 g/mol. The van der Waals surface area contributed by atoms with Gasteiger partial charge >= 0.3 is 0 Å². The molecule has 0 radical (unpaired) electrons. The molecule has 61 heavy (non-hydrogen) atoms. The lowest BCUT2D eigenvalue weighted by molar-refractivity contribution is -0.136. The predicted octanol–water partition coefficient (Wildman–Crippen LogP) is 0.855. The number of nitrogens with zero attached hydrogens (tertiary/aromatic N) is 8. The maximum atomic E-state index is 13.2. The third-order valence-electron chi connectivity index (χ3n) is 11.1. The molecule has 1 atom stereocenters. The van der Waals surface area contributed by atoms with Gasteiger partial charge in [0.25, 0.3) is 17.4 Å². The Morgan fingerprint density at radius 1 is 0.967 bits per heavy atom. The summed E-state index contributed by atoms with van der Waals surface area (Å²) in [4.78, 5) is 72.0. The lowest BCUT2D eigenvalue weighted by Gasteiger charge is -2.40. The molecule has 0 saturated carbocycles. The molecular formula is C43H49N9O9. The highest BCUT2D eigenvalue weighted by molar-refractivity contribution is 6.23. The molecule has 2 fully saturated rings. The van der Waals surface area contributed by atoms with Gasteiger partial charge in [-0.1, -0.05) is 11.3 Å². The number of methoxy groups -OCH3 is 2. The van der Waals surface area contributed by atoms with E-state index in [2.05, 4.69) is 32.2 Å². The van der Waals surface area contributed by atoms with E-state index < -0.39 is 29.7 Å². The van der Waals surface area contributed by atoms with Gasteiger partial charge in [-0.05, 0) is 68.2 Å². The number of aliphatic imine (C=N–C) groups is 1. The minimum atomic E-state index is -1.00. The molecule has 320 valence electrons. The average molecular weight is 836 g/mol. The van der Waals surface area contributed by atoms with Gasteiger partial charge in [0.1, 0.15) is 23.2 Å². The Hall–Kier alpha value is -6.50. The number of piperidine rings is 1. The van der Waals surface area contributed by atoms with Crippen LogP contribution in [0.25, 0.3) is 23.4 Å². The summed E-state index contributed by atoms with van der Waals surface area (Å²) in [7, 11) is 6.95. The first-order valence-corrected chi connectivity index (χ1v) is 19.9. The largest absolute Gasteiger partial charge is 0.496 e. The molecule has 7 rings (SSSR count). The second-order valence-electron chi connectivity index (χ2n) is 15.1. The second kappa shape index (κ2) is 18.4. The first kappa shape index (κ1) is 42.6. The molecule has 0 bridgehead atoms. The Kier molecular flexibility index (Phi) is 12.9. The zero-order chi connectivity index (χ0) is 43.4. The molecule has 0 spiro atoms. The van der Waals surface area contributed by atoms with Gasteiger partial charge in [0.2, 0.25) is 11.8 Å². The third-order valence-corrected chi connectivity index (χ3v) is 11.1. The fourth-order valence-corrected chi connectivity index (χ4v) is 7.78. The van der Waals surface area contributed by atoms with E-state index in [0.717, 1.165) is 32.5 Å². The molecule has 3 aliphatic rings. The number of amides is 4. The normalized spacial score (nSPS) is 17.3. The van der Waals surface area contributed by atoms with Crippen LogP contribution in [0.3, 0.4) is 0 Å². The predicted molar refractivity (Wildman–Crippen MR) is 225 cm³/mol. The zero-order valence-electron chi connectivity index (χ0n) is 34.9. The van der Waals surface area contributed by atoms with Gasteiger partial charge in [0, 0.05) is 63.3 Å². The van der Waals surface area contributed by atoms with E-state index in [-0.39, 0.29) is 42.2 Å². The van der Waals surface area contributed by atoms with Crippen LogP contribution in [-0.2, 0) is 45.8 Å². The summed E-state index contributed by atoms with van der Waals surface area (Å²) in [5, 5.41) is 11.9. The number of hydrogen-bond donors (Lipinski definition) is 1. The number of pyridine rings is 1. The van der Waals surface area contributed by atoms with Crippen molar-refractivity contribution in [1.29, 1.82) is 0 Å². The van der Waals surface area contributed by atoms with E-state index in [9.17, 15) is 24.0 Å². The molecule has 4 amide bonds. The summed E-state index contributed by atoms with van der Waals surface area (Å²) >= 11 is 0. The Bertz CT molecular complexity index is 2540. The summed E-state index contributed by atoms with van der Waals surface area (Å²) in [6, 6.07) is 7.96. The van der Waals surface area contributed by atoms with Crippen molar-refractivity contribution in [3.8, 4) is 22.6 Å². The number of benzene rings is 2. The molecule has 2 aromatic carbocycles. The number of aryl methyl sites for hydroxylation is 1. The van der Waals surface area contributed by atoms with Crippen LogP contribution in [0.1, 0.15) is 51.7 Å². The molecule has 0 aliphatic carbocycles. The van der Waals surface area contributed by atoms with Crippen LogP contribution in [0.4, 0.5) is 5.69 Å². The van der Waals surface area contributed by atoms with E-state index in [1.54, 1.807) is 50.3 Å². The van der Waals surface area contributed by atoms with Gasteiger partial charge in [-0.2, -0.15) is 0 Å². The Morgan fingerprint density at radius 2 is 1.70 bits per heavy atom. The molecule has 2 aromatic heterocycles. The van der Waals surface area contributed by atoms with Crippen LogP contribution in [-0.4, -0.2) is 126 Å². The minimum Gasteiger partial charge on any atom is -0.496 e. The third kappa shape index (κ3) is 8.87. The van der Waals surface area contributed by atoms with E-state index in [0.29, 0.717) is 68.3 Å². The molecule has 1 unspecified atom stereocenters. The van der Waals surface area contributed by atoms with Crippen molar-refractivity contribution in [1.82, 2.24) is 34.7 Å². The number of carbonyl (C=O) groups is 4. The Morgan fingerprint density at radius 3 is 2.39 bits per heavy atom. The molecule has 1 N–H and O–H groups in total. The standard InChI is InChI=1S/C43H49N9O9/c1-7-30-33(19-44-2)41(55)49(4)24-34(30)26-16-37(58-5)35(38(17-26)59-6)23-48(3)12-14-60-15-13-51-20-27(46-47-51)25-61-29-21-50(22-29)28-8-9-31-32(18-28)43(57)52(42(31)56)36-10-11-39(53)45-40(36)54/h7-9,16-20,24,29,36H,2,10-15,21-23,25H2,1,3-6H3,(H,45,53,54)/b30-7+,33-19+. The molecule has 3 aliphatic heterocycles. The van der Waals surface area contributed by atoms with Gasteiger partial charge in [-0.15, -0.1) is 5.10 Å². The van der Waals surface area contributed by atoms with E-state index in [1.165, 1.54) is 10.8 Å². The van der Waals surface area contributed by atoms with Crippen molar-refractivity contribution in [3.63, 3.8) is 0 Å². The van der Waals surface area contributed by atoms with Gasteiger partial charge in [0.15, 0.2) is 0 Å². The number of hydrogen-bond acceptors (Lipinski definition) is 14. The number of likely N-dealkylation sites (N-methyl/N-ethyl adjacent to an activating group) is 1. The number of ether oxygens (including phenoxy) is 4. The lowest BCUT2D eigenvalue weighted by atomic mass is 10.00. The van der Waals surface area contributed by atoms with Crippen molar-refractivity contribution in [2.24, 2.45) is 12.0 Å². The summed E-state index contributed by atoms with van der Waals surface area (Å²) < 4.78 is 26.9. The average Bonchev–Trinajstić information content (AvgIpc) is 3.79. The van der Waals surface area contributed by atoms with Gasteiger partial charge in [-0.25, -0.2) is 4.68 Å². The zero-order valence-corrected chi connectivity index (χ0v) is 34.9. The Labute approximate surface area is 351 Å². The molecule has 5 heterocycles. The van der Waals surface area contributed by atoms with Crippen LogP contribution in [0.2, 0.25) is 0 Å². The highest BCUT2D eigenvalue weighted by Gasteiger charge is 2.45. The molecule has 4 aromatic rings. The SMILES string of the molecule is C=N/C=c1/c(=O)n(C)cc(-c2cc(OC)c(CN(C)CCOCCn3cc(COC4CN(c5ccc6c(c5)C(=O)N(C5CCC(=O)NC5=O)C6=O)C4)nn3)c(OC)c2)/c1=C/C. The number of carbonyl (C=O) groups excluding carboxylic acids is 4. The smallest absolute Gasteiger partial charge is 0.262 e. The quantitative estimate of drug-likeness (QED) is 0.0896. The van der Waals surface area contributed by atoms with Crippen LogP contribution in [0.5, 0.6) is 11.5 Å². The number of aromatic nitrogens is 4. The fraction of sp³-hybridized carbons (Fsp3) is 0.395. The minimum absolute atomic E-state index is 0.0611. The Balaban J connectivity index is 0.848. The maximum Gasteiger partial charge on any atom is 0.262 e. The topological polar surface area (TPSA) is 192 Å². The van der Waals surface area contributed by atoms with Crippen LogP contribution >= 0.6 is 0 Å². The summed E-state index contributed by atoms with van der Waals surface area (Å²) in [5.74, 6) is -0.803. The molecule has 18 nitrogen and oxygen atoms in total. The number of imide groups is 2. The van der Waals surface area contributed by atoms with Crippen LogP contribution in [0, 0.1) is 0 Å². The van der Waals surface area contributed by atoms with E-state index in [1.807, 2.05) is 43.3 Å². The van der Waals surface area contributed by atoms with Crippen molar-refractivity contribution in [3.05, 3.63) is 85.9 Å². The highest BCUT2D eigenvalue weighted by Crippen LogP contribution is 2.35. The van der Waals surface area contributed by atoms with Crippen molar-refractivity contribution >= 4 is 48.3 Å². The van der Waals surface area contributed by atoms with Crippen molar-refractivity contribution in [2.45, 2.75) is 51.6 Å². The highest BCUT2D eigenvalue weighted by atomic mass is 16.5. The summed E-state index contributed by atoms with van der Waals surface area (Å²) in [6.45, 7) is 9.49. The number of nitrogens with one attached hydrogen (secondary N) is 1. The van der Waals surface area contributed by atoms with Crippen molar-refractivity contribution in [2.75, 3.05) is 59.0 Å². The molecular weight excluding hydrogens is 787 g/mol.